The lowest BCUT2D eigenvalue weighted by molar-refractivity contribution is 0.357. The fraction of sp³-hybridized carbons (Fsp3) is 0.250. The molecule has 0 fully saturated rings. The summed E-state index contributed by atoms with van der Waals surface area (Å²) in [5.41, 5.74) is 4.61. The van der Waals surface area contributed by atoms with Gasteiger partial charge in [0.15, 0.2) is 0 Å². The Labute approximate surface area is 140 Å². The van der Waals surface area contributed by atoms with E-state index in [1.165, 1.54) is 11.1 Å². The van der Waals surface area contributed by atoms with Crippen LogP contribution in [0.5, 0.6) is 5.75 Å². The van der Waals surface area contributed by atoms with Crippen LogP contribution in [0.1, 0.15) is 27.6 Å². The van der Waals surface area contributed by atoms with E-state index in [0.717, 1.165) is 38.8 Å². The Morgan fingerprint density at radius 3 is 2.75 bits per heavy atom. The summed E-state index contributed by atoms with van der Waals surface area (Å²) >= 11 is 13.9. The fourth-order valence-corrected chi connectivity index (χ4v) is 3.90. The molecule has 0 aromatic heterocycles. The van der Waals surface area contributed by atoms with Crippen molar-refractivity contribution >= 4 is 43.5 Å². The van der Waals surface area contributed by atoms with Gasteiger partial charge in [0.1, 0.15) is 5.75 Å². The smallest absolute Gasteiger partial charge is 0.122 e. The van der Waals surface area contributed by atoms with Crippen molar-refractivity contribution in [2.75, 3.05) is 6.61 Å². The standard InChI is InChI=1S/C16H13Br2ClO/c1-9-6-14(18)12(8-13(9)17)16(19)11-2-3-15-10(7-11)4-5-20-15/h2-3,6-8,16H,4-5H2,1H3. The van der Waals surface area contributed by atoms with Crippen LogP contribution >= 0.6 is 43.5 Å². The molecule has 4 heteroatoms. The summed E-state index contributed by atoms with van der Waals surface area (Å²) in [6, 6.07) is 10.4. The molecule has 2 aromatic carbocycles. The average Bonchev–Trinajstić information content (AvgIpc) is 2.89. The van der Waals surface area contributed by atoms with Crippen molar-refractivity contribution in [3.63, 3.8) is 0 Å². The SMILES string of the molecule is Cc1cc(Br)c(C(Cl)c2ccc3c(c2)CCO3)cc1Br. The molecule has 0 amide bonds. The molecule has 104 valence electrons. The van der Waals surface area contributed by atoms with Crippen molar-refractivity contribution in [3.8, 4) is 5.75 Å². The van der Waals surface area contributed by atoms with E-state index in [1.807, 2.05) is 12.1 Å². The fourth-order valence-electron chi connectivity index (χ4n) is 2.40. The minimum absolute atomic E-state index is 0.174. The van der Waals surface area contributed by atoms with E-state index < -0.39 is 0 Å². The summed E-state index contributed by atoms with van der Waals surface area (Å²) < 4.78 is 7.65. The summed E-state index contributed by atoms with van der Waals surface area (Å²) in [5.74, 6) is 0.988. The summed E-state index contributed by atoms with van der Waals surface area (Å²) in [5, 5.41) is -0.174. The molecule has 0 bridgehead atoms. The maximum atomic E-state index is 6.67. The number of alkyl halides is 1. The lowest BCUT2D eigenvalue weighted by Crippen LogP contribution is -1.96. The number of hydrogen-bond donors (Lipinski definition) is 0. The maximum Gasteiger partial charge on any atom is 0.122 e. The Bertz CT molecular complexity index is 670. The van der Waals surface area contributed by atoms with Gasteiger partial charge in [-0.25, -0.2) is 0 Å². The average molecular weight is 417 g/mol. The van der Waals surface area contributed by atoms with E-state index >= 15 is 0 Å². The van der Waals surface area contributed by atoms with Gasteiger partial charge >= 0.3 is 0 Å². The molecule has 0 saturated carbocycles. The second-order valence-corrected chi connectivity index (χ2v) is 7.10. The Morgan fingerprint density at radius 1 is 1.15 bits per heavy atom. The third-order valence-corrected chi connectivity index (χ3v) is 5.59. The van der Waals surface area contributed by atoms with E-state index in [1.54, 1.807) is 0 Å². The number of fused-ring (bicyclic) bond motifs is 1. The molecule has 2 aromatic rings. The second-order valence-electron chi connectivity index (χ2n) is 4.95. The van der Waals surface area contributed by atoms with Gasteiger partial charge in [-0.05, 0) is 47.4 Å². The molecule has 0 aliphatic carbocycles. The predicted molar refractivity (Wildman–Crippen MR) is 89.9 cm³/mol. The van der Waals surface area contributed by atoms with E-state index in [9.17, 15) is 0 Å². The first kappa shape index (κ1) is 14.4. The number of ether oxygens (including phenoxy) is 1. The van der Waals surface area contributed by atoms with Crippen molar-refractivity contribution < 1.29 is 4.74 Å². The number of rotatable bonds is 2. The van der Waals surface area contributed by atoms with Crippen LogP contribution in [0.4, 0.5) is 0 Å². The van der Waals surface area contributed by atoms with Gasteiger partial charge in [0.2, 0.25) is 0 Å². The van der Waals surface area contributed by atoms with E-state index in [4.69, 9.17) is 16.3 Å². The summed E-state index contributed by atoms with van der Waals surface area (Å²) in [7, 11) is 0. The maximum absolute atomic E-state index is 6.67. The molecule has 0 radical (unpaired) electrons. The highest BCUT2D eigenvalue weighted by molar-refractivity contribution is 9.11. The molecule has 0 spiro atoms. The van der Waals surface area contributed by atoms with Gasteiger partial charge in [0.25, 0.3) is 0 Å². The normalized spacial score (nSPS) is 14.8. The first-order valence-corrected chi connectivity index (χ1v) is 8.44. The summed E-state index contributed by atoms with van der Waals surface area (Å²) in [6.07, 6.45) is 0.964. The number of halogens is 3. The van der Waals surface area contributed by atoms with Crippen molar-refractivity contribution in [2.45, 2.75) is 18.7 Å². The molecule has 3 rings (SSSR count). The molecule has 20 heavy (non-hydrogen) atoms. The van der Waals surface area contributed by atoms with Gasteiger partial charge in [0.05, 0.1) is 12.0 Å². The first-order chi connectivity index (χ1) is 9.56. The Morgan fingerprint density at radius 2 is 1.95 bits per heavy atom. The monoisotopic (exact) mass is 414 g/mol. The Balaban J connectivity index is 2.00. The van der Waals surface area contributed by atoms with Gasteiger partial charge in [-0.3, -0.25) is 0 Å². The van der Waals surface area contributed by atoms with Crippen LogP contribution in [-0.2, 0) is 6.42 Å². The van der Waals surface area contributed by atoms with Crippen LogP contribution in [0.2, 0.25) is 0 Å². The van der Waals surface area contributed by atoms with Crippen molar-refractivity contribution in [2.24, 2.45) is 0 Å². The highest BCUT2D eigenvalue weighted by atomic mass is 79.9. The quantitative estimate of drug-likeness (QED) is 0.564. The van der Waals surface area contributed by atoms with Gasteiger partial charge in [0, 0.05) is 15.4 Å². The van der Waals surface area contributed by atoms with E-state index in [-0.39, 0.29) is 5.38 Å². The molecule has 0 saturated heterocycles. The lowest BCUT2D eigenvalue weighted by Gasteiger charge is -2.15. The highest BCUT2D eigenvalue weighted by Crippen LogP contribution is 2.38. The minimum atomic E-state index is -0.174. The topological polar surface area (TPSA) is 9.23 Å². The van der Waals surface area contributed by atoms with E-state index in [2.05, 4.69) is 57.0 Å². The van der Waals surface area contributed by atoms with Gasteiger partial charge in [-0.15, -0.1) is 11.6 Å². The number of hydrogen-bond acceptors (Lipinski definition) is 1. The van der Waals surface area contributed by atoms with E-state index in [0.29, 0.717) is 0 Å². The van der Waals surface area contributed by atoms with Crippen molar-refractivity contribution in [1.82, 2.24) is 0 Å². The molecule has 1 atom stereocenters. The zero-order valence-electron chi connectivity index (χ0n) is 10.9. The first-order valence-electron chi connectivity index (χ1n) is 6.41. The van der Waals surface area contributed by atoms with Crippen LogP contribution in [-0.4, -0.2) is 6.61 Å². The zero-order valence-corrected chi connectivity index (χ0v) is 14.8. The Kier molecular flexibility index (Phi) is 4.11. The molecule has 1 unspecified atom stereocenters. The van der Waals surface area contributed by atoms with Crippen LogP contribution in [0.25, 0.3) is 0 Å². The van der Waals surface area contributed by atoms with Gasteiger partial charge < -0.3 is 4.74 Å². The second kappa shape index (κ2) is 5.70. The van der Waals surface area contributed by atoms with Crippen LogP contribution < -0.4 is 4.74 Å². The van der Waals surface area contributed by atoms with Crippen molar-refractivity contribution in [3.05, 3.63) is 61.5 Å². The third kappa shape index (κ3) is 2.63. The minimum Gasteiger partial charge on any atom is -0.493 e. The summed E-state index contributed by atoms with van der Waals surface area (Å²) in [4.78, 5) is 0. The largest absolute Gasteiger partial charge is 0.493 e. The molecule has 0 N–H and O–H groups in total. The number of benzene rings is 2. The van der Waals surface area contributed by atoms with Crippen LogP contribution in [0.15, 0.2) is 39.3 Å². The van der Waals surface area contributed by atoms with Crippen LogP contribution in [0, 0.1) is 6.92 Å². The zero-order chi connectivity index (χ0) is 14.3. The number of aryl methyl sites for hydroxylation is 1. The highest BCUT2D eigenvalue weighted by Gasteiger charge is 2.19. The van der Waals surface area contributed by atoms with Gasteiger partial charge in [-0.1, -0.05) is 44.0 Å². The molecule has 1 nitrogen and oxygen atoms in total. The Hall–Kier alpha value is -0.510. The molecule has 1 aliphatic rings. The molecule has 1 heterocycles. The molecular formula is C16H13Br2ClO. The molecular weight excluding hydrogens is 403 g/mol. The summed E-state index contributed by atoms with van der Waals surface area (Å²) in [6.45, 7) is 2.83. The molecule has 1 aliphatic heterocycles. The van der Waals surface area contributed by atoms with Gasteiger partial charge in [-0.2, -0.15) is 0 Å². The van der Waals surface area contributed by atoms with Crippen LogP contribution in [0.3, 0.4) is 0 Å². The van der Waals surface area contributed by atoms with Crippen molar-refractivity contribution in [1.29, 1.82) is 0 Å². The lowest BCUT2D eigenvalue weighted by atomic mass is 10.0. The predicted octanol–water partition coefficient (Wildman–Crippen LogP) is 5.78. The third-order valence-electron chi connectivity index (χ3n) is 3.56.